The van der Waals surface area contributed by atoms with E-state index in [1.807, 2.05) is 0 Å². The number of hydrogen-bond acceptors (Lipinski definition) is 3. The molecule has 45 heteroatoms. The molecule has 0 aliphatic rings. The summed E-state index contributed by atoms with van der Waals surface area (Å²) in [5.74, 6) is -128. The molecule has 0 atom stereocenters. The maximum Gasteiger partial charge on any atom is 0.460 e. The molecule has 0 fully saturated rings. The molecule has 3 aromatic carbocycles. The van der Waals surface area contributed by atoms with E-state index in [0.29, 0.717) is 0 Å². The SMILES string of the molecule is Fc1c(F)c(F)c([S+](c2c(F)c(F)c(F)c(F)c2F)c2c(F)c(F)c(F)c(F)c2C(F)(F)C(F)(F)C(F)(F)C(F)(F)F)c(F)c1F.O=S(=O)([O-])C(F)(F)C(F)(F)C(F)(F)C(F)(F)C(F)(F)C(F)(F)C(F)(F)C(F)(F)F. The molecular weight excluding hydrogens is 1230 g/mol. The van der Waals surface area contributed by atoms with E-state index < -0.39 is 194 Å². The van der Waals surface area contributed by atoms with Crippen LogP contribution in [0, 0.1) is 81.4 Å². The van der Waals surface area contributed by atoms with Crippen LogP contribution >= 0.6 is 0 Å². The van der Waals surface area contributed by atoms with Crippen LogP contribution in [0.2, 0.25) is 0 Å². The van der Waals surface area contributed by atoms with Crippen molar-refractivity contribution in [2.45, 2.75) is 85.6 Å². The van der Waals surface area contributed by atoms with E-state index in [-0.39, 0.29) is 0 Å². The minimum absolute atomic E-state index is 3.33. The number of benzene rings is 3. The third-order valence-corrected chi connectivity index (χ3v) is 11.9. The normalized spacial score (nSPS) is 14.7. The van der Waals surface area contributed by atoms with Crippen LogP contribution in [-0.2, 0) is 26.9 Å². The maximum atomic E-state index is 15.1. The molecule has 0 aliphatic carbocycles. The van der Waals surface area contributed by atoms with E-state index >= 15 is 4.39 Å². The first-order valence-electron chi connectivity index (χ1n) is 16.1. The molecule has 0 saturated carbocycles. The molecule has 0 N–H and O–H groups in total. The van der Waals surface area contributed by atoms with Crippen LogP contribution in [0.3, 0.4) is 0 Å². The topological polar surface area (TPSA) is 57.2 Å². The summed E-state index contributed by atoms with van der Waals surface area (Å²) < 4.78 is 568. The molecule has 0 heterocycles. The summed E-state index contributed by atoms with van der Waals surface area (Å²) >= 11 is 0. The van der Waals surface area contributed by atoms with Gasteiger partial charge < -0.3 is 4.55 Å². The zero-order valence-electron chi connectivity index (χ0n) is 32.2. The van der Waals surface area contributed by atoms with Crippen LogP contribution in [0.1, 0.15) is 5.56 Å². The quantitative estimate of drug-likeness (QED) is 0.0563. The summed E-state index contributed by atoms with van der Waals surface area (Å²) in [6, 6.07) is 0. The fourth-order valence-electron chi connectivity index (χ4n) is 4.76. The second-order valence-electron chi connectivity index (χ2n) is 13.2. The van der Waals surface area contributed by atoms with Crippen molar-refractivity contribution in [2.75, 3.05) is 0 Å². The maximum absolute atomic E-state index is 15.1. The van der Waals surface area contributed by atoms with Crippen molar-refractivity contribution in [2.24, 2.45) is 0 Å². The average Bonchev–Trinajstić information content (AvgIpc) is 3.24. The summed E-state index contributed by atoms with van der Waals surface area (Å²) in [5.41, 5.74) is -4.49. The third kappa shape index (κ3) is 9.19. The van der Waals surface area contributed by atoms with E-state index in [9.17, 15) is 184 Å². The standard InChI is InChI=1S/C22F23S.C8HF17O3S/c23-2-1(19(37,38)20(39,40)21(41,42)22(43,44)45)16(11(32)6(27)3(2)24)46(17-12(33)7(28)4(25)8(29)13(17)34)18-14(35)9(30)5(26)10(31)15(18)36;9-1(10,3(13,14)5(17,18)7(21,22)23)2(11,12)4(15,16)6(19,20)8(24,25)29(26,27)28/h;(H,26,27,28)/q+1;/p-1. The van der Waals surface area contributed by atoms with Crippen molar-refractivity contribution in [3.63, 3.8) is 0 Å². The Bertz CT molecular complexity index is 2720. The highest BCUT2D eigenvalue weighted by molar-refractivity contribution is 7.97. The van der Waals surface area contributed by atoms with Gasteiger partial charge in [-0.05, 0) is 0 Å². The van der Waals surface area contributed by atoms with Crippen molar-refractivity contribution in [1.82, 2.24) is 0 Å². The summed E-state index contributed by atoms with van der Waals surface area (Å²) in [6.07, 6.45) is -15.7. The highest BCUT2D eigenvalue weighted by atomic mass is 32.2. The number of rotatable bonds is 13. The predicted molar refractivity (Wildman–Crippen MR) is 151 cm³/mol. The van der Waals surface area contributed by atoms with Crippen molar-refractivity contribution < 1.29 is 189 Å². The molecule has 0 spiro atoms. The smallest absolute Gasteiger partial charge is 0.460 e. The van der Waals surface area contributed by atoms with Gasteiger partial charge in [-0.3, -0.25) is 0 Å². The Morgan fingerprint density at radius 2 is 0.467 bits per heavy atom. The van der Waals surface area contributed by atoms with E-state index in [1.165, 1.54) is 0 Å². The first-order valence-corrected chi connectivity index (χ1v) is 18.8. The lowest BCUT2D eigenvalue weighted by Gasteiger charge is -2.42. The van der Waals surface area contributed by atoms with Gasteiger partial charge in [0.2, 0.25) is 84.5 Å². The first-order chi connectivity index (χ1) is 32.6. The van der Waals surface area contributed by atoms with Gasteiger partial charge in [0.05, 0.1) is 0 Å². The Kier molecular flexibility index (Phi) is 16.7. The molecular formula is C30F40O3S2. The van der Waals surface area contributed by atoms with Gasteiger partial charge in [-0.2, -0.15) is 136 Å². The van der Waals surface area contributed by atoms with Crippen molar-refractivity contribution in [3.8, 4) is 0 Å². The molecule has 0 bridgehead atoms. The molecule has 0 saturated heterocycles. The number of hydrogen-bond donors (Lipinski definition) is 0. The number of halogens is 40. The summed E-state index contributed by atoms with van der Waals surface area (Å²) in [7, 11) is -13.6. The molecule has 3 nitrogen and oxygen atoms in total. The van der Waals surface area contributed by atoms with Gasteiger partial charge in [0.25, 0.3) is 0 Å². The molecule has 75 heavy (non-hydrogen) atoms. The Labute approximate surface area is 382 Å². The van der Waals surface area contributed by atoms with Gasteiger partial charge in [0, 0.05) is 0 Å². The van der Waals surface area contributed by atoms with Crippen LogP contribution in [0.15, 0.2) is 14.7 Å². The highest BCUT2D eigenvalue weighted by Gasteiger charge is 2.96. The fourth-order valence-corrected chi connectivity index (χ4v) is 7.58. The Morgan fingerprint density at radius 1 is 0.267 bits per heavy atom. The van der Waals surface area contributed by atoms with Crippen LogP contribution in [0.25, 0.3) is 0 Å². The van der Waals surface area contributed by atoms with Crippen LogP contribution in [0.5, 0.6) is 0 Å². The monoisotopic (exact) mass is 1230 g/mol. The third-order valence-electron chi connectivity index (χ3n) is 8.64. The van der Waals surface area contributed by atoms with Crippen molar-refractivity contribution >= 4 is 21.0 Å². The second kappa shape index (κ2) is 18.9. The van der Waals surface area contributed by atoms with Gasteiger partial charge in [0.1, 0.15) is 16.5 Å². The lowest BCUT2D eigenvalue weighted by Crippen LogP contribution is -2.75. The van der Waals surface area contributed by atoms with E-state index in [0.717, 1.165) is 0 Å². The Balaban J connectivity index is 0.000000574. The minimum atomic E-state index is -8.92. The Morgan fingerprint density at radius 3 is 0.720 bits per heavy atom. The van der Waals surface area contributed by atoms with Crippen molar-refractivity contribution in [3.05, 3.63) is 87.0 Å². The first kappa shape index (κ1) is 66.2. The van der Waals surface area contributed by atoms with Crippen LogP contribution in [-0.4, -0.2) is 78.0 Å². The van der Waals surface area contributed by atoms with Gasteiger partial charge in [-0.15, -0.1) is 0 Å². The predicted octanol–water partition coefficient (Wildman–Crippen LogP) is 14.2. The van der Waals surface area contributed by atoms with E-state index in [1.54, 1.807) is 0 Å². The second-order valence-corrected chi connectivity index (χ2v) is 16.5. The zero-order valence-corrected chi connectivity index (χ0v) is 33.8. The summed E-state index contributed by atoms with van der Waals surface area (Å²) in [6.45, 7) is 0. The van der Waals surface area contributed by atoms with Crippen molar-refractivity contribution in [1.29, 1.82) is 0 Å². The lowest BCUT2D eigenvalue weighted by molar-refractivity contribution is -0.458. The van der Waals surface area contributed by atoms with Gasteiger partial charge in [-0.25, -0.2) is 47.9 Å². The lowest BCUT2D eigenvalue weighted by atomic mass is 9.91. The van der Waals surface area contributed by atoms with E-state index in [2.05, 4.69) is 0 Å². The largest absolute Gasteiger partial charge is 0.743 e. The molecule has 0 unspecified atom stereocenters. The van der Waals surface area contributed by atoms with Gasteiger partial charge in [-0.1, -0.05) is 0 Å². The van der Waals surface area contributed by atoms with Gasteiger partial charge >= 0.3 is 70.9 Å². The van der Waals surface area contributed by atoms with Gasteiger partial charge in [0.15, 0.2) is 21.8 Å². The summed E-state index contributed by atoms with van der Waals surface area (Å²) in [4.78, 5) is -10.7. The molecule has 0 amide bonds. The molecule has 3 aromatic rings. The van der Waals surface area contributed by atoms with Crippen LogP contribution in [0.4, 0.5) is 176 Å². The fraction of sp³-hybridized carbons (Fsp3) is 0.400. The molecule has 0 radical (unpaired) electrons. The number of alkyl halides is 26. The molecule has 0 aliphatic heterocycles. The minimum Gasteiger partial charge on any atom is -0.743 e. The zero-order chi connectivity index (χ0) is 60.5. The molecule has 3 rings (SSSR count). The summed E-state index contributed by atoms with van der Waals surface area (Å²) in [5, 5.41) is -7.95. The Hall–Kier alpha value is -4.88. The molecule has 0 aromatic heterocycles. The molecule has 430 valence electrons. The van der Waals surface area contributed by atoms with Crippen LogP contribution < -0.4 is 0 Å². The van der Waals surface area contributed by atoms with E-state index in [4.69, 9.17) is 0 Å². The average molecular weight is 1230 g/mol. The highest BCUT2D eigenvalue weighted by Crippen LogP contribution is 2.65.